The molecule has 54 heavy (non-hydrogen) atoms. The zero-order valence-electron chi connectivity index (χ0n) is 34.6. The maximum absolute atomic E-state index is 17.6. The Bertz CT molecular complexity index is 2770. The van der Waals surface area contributed by atoms with Crippen LogP contribution >= 0.6 is 0 Å². The second-order valence-corrected chi connectivity index (χ2v) is 15.2. The Morgan fingerprint density at radius 3 is 1.43 bits per heavy atom. The molecule has 0 unspecified atom stereocenters. The summed E-state index contributed by atoms with van der Waals surface area (Å²) in [4.78, 5) is 0. The summed E-state index contributed by atoms with van der Waals surface area (Å²) in [6.07, 6.45) is 7.81. The van der Waals surface area contributed by atoms with Crippen molar-refractivity contribution in [2.24, 2.45) is 0 Å². The van der Waals surface area contributed by atoms with Gasteiger partial charge in [-0.1, -0.05) is 55.4 Å². The van der Waals surface area contributed by atoms with Crippen LogP contribution in [0.5, 0.6) is 0 Å². The van der Waals surface area contributed by atoms with Crippen molar-refractivity contribution in [3.05, 3.63) is 104 Å². The van der Waals surface area contributed by atoms with Gasteiger partial charge in [0.05, 0.1) is 25.0 Å². The second-order valence-electron chi connectivity index (χ2n) is 15.2. The Kier molecular flexibility index (Phi) is 7.26. The van der Waals surface area contributed by atoms with Crippen molar-refractivity contribution < 1.29 is 29.0 Å². The molecule has 278 valence electrons. The zero-order valence-corrected chi connectivity index (χ0v) is 32.6. The molecular formula is C44H48B2F4N4. The summed E-state index contributed by atoms with van der Waals surface area (Å²) in [6, 6.07) is 8.08. The van der Waals surface area contributed by atoms with Crippen LogP contribution in [0.2, 0.25) is 0 Å². The van der Waals surface area contributed by atoms with Gasteiger partial charge in [0, 0.05) is 57.9 Å². The van der Waals surface area contributed by atoms with E-state index in [0.29, 0.717) is 35.6 Å². The first-order valence-corrected chi connectivity index (χ1v) is 20.1. The summed E-state index contributed by atoms with van der Waals surface area (Å²) in [5, 5.41) is 2.03. The molecular weight excluding hydrogens is 682 g/mol. The van der Waals surface area contributed by atoms with Crippen molar-refractivity contribution in [1.82, 2.24) is 8.96 Å². The third-order valence-electron chi connectivity index (χ3n) is 12.8. The lowest BCUT2D eigenvalue weighted by atomic mass is 9.89. The number of aryl methyl sites for hydroxylation is 6. The Morgan fingerprint density at radius 2 is 0.907 bits per heavy atom. The quantitative estimate of drug-likeness (QED) is 0.112. The minimum absolute atomic E-state index is 0.0790. The molecule has 0 N–H and O–H groups in total. The van der Waals surface area contributed by atoms with Crippen molar-refractivity contribution in [3.63, 3.8) is 0 Å². The van der Waals surface area contributed by atoms with E-state index in [1.54, 1.807) is 26.0 Å². The van der Waals surface area contributed by atoms with Gasteiger partial charge in [-0.05, 0) is 109 Å². The van der Waals surface area contributed by atoms with Gasteiger partial charge >= 0.3 is 13.9 Å². The minimum atomic E-state index is -4.45. The van der Waals surface area contributed by atoms with Gasteiger partial charge in [-0.3, -0.25) is 0 Å². The van der Waals surface area contributed by atoms with Crippen LogP contribution in [-0.2, 0) is 38.5 Å². The van der Waals surface area contributed by atoms with Crippen molar-refractivity contribution in [3.8, 4) is 0 Å². The predicted molar refractivity (Wildman–Crippen MR) is 218 cm³/mol. The Labute approximate surface area is 318 Å². The van der Waals surface area contributed by atoms with Crippen LogP contribution in [0.4, 0.5) is 17.3 Å². The van der Waals surface area contributed by atoms with Gasteiger partial charge in [0.25, 0.3) is 0 Å². The number of aromatic nitrogens is 2. The third-order valence-corrected chi connectivity index (χ3v) is 12.8. The maximum Gasteiger partial charge on any atom is 0.737 e. The Hall–Kier alpha value is -4.59. The van der Waals surface area contributed by atoms with Crippen molar-refractivity contribution in [2.75, 3.05) is 0 Å². The van der Waals surface area contributed by atoms with Gasteiger partial charge < -0.3 is 35.2 Å². The molecule has 4 aliphatic rings. The zero-order chi connectivity index (χ0) is 39.9. The molecule has 2 aromatic heterocycles. The average molecular weight is 733 g/mol. The van der Waals surface area contributed by atoms with E-state index in [4.69, 9.17) is 0 Å². The van der Waals surface area contributed by atoms with E-state index in [-0.39, 0.29) is 69.6 Å². The van der Waals surface area contributed by atoms with Gasteiger partial charge in [0.2, 0.25) is 0 Å². The molecule has 6 heterocycles. The molecule has 0 radical (unpaired) electrons. The van der Waals surface area contributed by atoms with Crippen LogP contribution in [0.1, 0.15) is 138 Å². The summed E-state index contributed by atoms with van der Waals surface area (Å²) < 4.78 is 94.6. The van der Waals surface area contributed by atoms with E-state index in [2.05, 4.69) is 39.8 Å². The Morgan fingerprint density at radius 1 is 0.481 bits per heavy atom. The van der Waals surface area contributed by atoms with Crippen LogP contribution in [-0.4, -0.2) is 43.3 Å². The fourth-order valence-corrected chi connectivity index (χ4v) is 10.4. The highest BCUT2D eigenvalue weighted by Crippen LogP contribution is 2.49. The Balaban J connectivity index is 1.38. The van der Waals surface area contributed by atoms with Crippen LogP contribution in [0.3, 0.4) is 0 Å². The highest BCUT2D eigenvalue weighted by Gasteiger charge is 2.57. The first-order valence-electron chi connectivity index (χ1n) is 21.1. The van der Waals surface area contributed by atoms with Crippen molar-refractivity contribution in [1.29, 1.82) is 0 Å². The number of hydrogen-bond acceptors (Lipinski definition) is 0. The van der Waals surface area contributed by atoms with Gasteiger partial charge in [-0.2, -0.15) is 0 Å². The number of hydrogen-bond donors (Lipinski definition) is 0. The number of halogens is 4. The molecule has 4 nitrogen and oxygen atoms in total. The van der Waals surface area contributed by atoms with Crippen LogP contribution in [0, 0.1) is 0 Å². The molecule has 0 aliphatic carbocycles. The van der Waals surface area contributed by atoms with Gasteiger partial charge in [0.1, 0.15) is 11.4 Å². The molecule has 4 aliphatic heterocycles. The lowest BCUT2D eigenvalue weighted by molar-refractivity contribution is -0.319. The molecule has 9 rings (SSSR count). The highest BCUT2D eigenvalue weighted by atomic mass is 19.3. The van der Waals surface area contributed by atoms with E-state index in [0.717, 1.165) is 78.8 Å². The predicted octanol–water partition coefficient (Wildman–Crippen LogP) is 10.9. The molecule has 0 saturated heterocycles. The fourth-order valence-electron chi connectivity index (χ4n) is 10.4. The monoisotopic (exact) mass is 732 g/mol. The molecule has 3 aromatic carbocycles. The minimum Gasteiger partial charge on any atom is -0.393 e. The number of rotatable bonds is 8. The molecule has 0 spiro atoms. The molecule has 10 heteroatoms. The van der Waals surface area contributed by atoms with E-state index in [9.17, 15) is 2.74 Å². The van der Waals surface area contributed by atoms with Gasteiger partial charge in [0.15, 0.2) is 11.4 Å². The molecule has 0 bridgehead atoms. The topological polar surface area (TPSA) is 15.9 Å². The van der Waals surface area contributed by atoms with Crippen LogP contribution in [0.25, 0.3) is 45.1 Å². The lowest BCUT2D eigenvalue weighted by Crippen LogP contribution is -2.50. The standard InChI is InChI=1S/C44H48B2F4N4/c1-9-25-17-29-31(19-27(25)11-3)41-23-43-35-21-34-36(22-33(35)39(15-7)53(43)45(47,48)51(41)37(29)13-5)44-24-42-32-20-28(12-4)26(10-2)18-30(32)38(14-6)52(42)46(49,50)54(44)40(34)16-8/h17-24H,9-16H2,1-8H3/i21D,22D. The first kappa shape index (κ1) is 32.8. The molecule has 0 amide bonds. The summed E-state index contributed by atoms with van der Waals surface area (Å²) in [6.45, 7) is 6.80. The van der Waals surface area contributed by atoms with Crippen LogP contribution in [0.15, 0.2) is 36.4 Å². The highest BCUT2D eigenvalue weighted by molar-refractivity contribution is 6.60. The van der Waals surface area contributed by atoms with E-state index in [1.165, 1.54) is 8.96 Å². The normalized spacial score (nSPS) is 18.0. The summed E-state index contributed by atoms with van der Waals surface area (Å²) in [7, 11) is 0. The third kappa shape index (κ3) is 4.23. The summed E-state index contributed by atoms with van der Waals surface area (Å²) in [5.41, 5.74) is 9.30. The molecule has 0 saturated carbocycles. The van der Waals surface area contributed by atoms with E-state index in [1.807, 2.05) is 26.0 Å². The van der Waals surface area contributed by atoms with Crippen molar-refractivity contribution >= 4 is 70.5 Å². The molecule has 0 atom stereocenters. The molecule has 5 aromatic rings. The summed E-state index contributed by atoms with van der Waals surface area (Å²) in [5.74, 6) is 0. The lowest BCUT2D eigenvalue weighted by Gasteiger charge is -2.31. The smallest absolute Gasteiger partial charge is 0.393 e. The van der Waals surface area contributed by atoms with Gasteiger partial charge in [-0.25, -0.2) is 0 Å². The second kappa shape index (κ2) is 12.0. The van der Waals surface area contributed by atoms with Crippen molar-refractivity contribution in [2.45, 2.75) is 107 Å². The number of benzene rings is 3. The maximum atomic E-state index is 17.6. The van der Waals surface area contributed by atoms with Crippen LogP contribution < -0.4 is 0 Å². The van der Waals surface area contributed by atoms with Gasteiger partial charge in [-0.15, -0.1) is 0 Å². The number of nitrogens with zero attached hydrogens (tertiary/aromatic N) is 4. The average Bonchev–Trinajstić information content (AvgIpc) is 3.91. The fraction of sp³-hybridized carbons (Fsp3) is 0.364. The van der Waals surface area contributed by atoms with E-state index >= 15 is 17.3 Å². The SMILES string of the molecule is [2H]c1c2c(c([2H])c3c(CC)n4c(c13)C=C1c3cc(CC)c(CC)cc3C(CC)=[N+]1[B-]4(F)F)C1=Cc3c4cc(CC)c(CC)cc4c(CC)n3[B-](F)(F)[N+]1=C2CC. The molecule has 0 fully saturated rings. The first-order chi connectivity index (χ1) is 26.8. The number of fused-ring (bicyclic) bond motifs is 12. The summed E-state index contributed by atoms with van der Waals surface area (Å²) >= 11 is 0. The van der Waals surface area contributed by atoms with E-state index < -0.39 is 13.9 Å². The largest absolute Gasteiger partial charge is 0.737 e.